The molecular weight excluding hydrogens is 164 g/mol. The summed E-state index contributed by atoms with van der Waals surface area (Å²) >= 11 is 5.65. The monoisotopic (exact) mass is 170 g/mol. The van der Waals surface area contributed by atoms with Crippen molar-refractivity contribution in [3.63, 3.8) is 0 Å². The maximum Gasteiger partial charge on any atom is 0.141 e. The second-order valence-electron chi connectivity index (χ2n) is 2.05. The number of aldehydes is 1. The van der Waals surface area contributed by atoms with E-state index in [-0.39, 0.29) is 5.15 Å². The average Bonchev–Trinajstić information content (AvgIpc) is 2.04. The summed E-state index contributed by atoms with van der Waals surface area (Å²) in [6, 6.07) is 2.69. The van der Waals surface area contributed by atoms with Crippen LogP contribution in [0.1, 0.15) is 11.6 Å². The molecule has 2 N–H and O–H groups in total. The van der Waals surface area contributed by atoms with Gasteiger partial charge < -0.3 is 10.5 Å². The number of aromatic nitrogens is 1. The Labute approximate surface area is 69.2 Å². The summed E-state index contributed by atoms with van der Waals surface area (Å²) in [5.74, 6) is 0. The van der Waals surface area contributed by atoms with E-state index in [9.17, 15) is 4.79 Å². The maximum atomic E-state index is 10.2. The number of rotatable bonds is 2. The Morgan fingerprint density at radius 3 is 3.00 bits per heavy atom. The molecule has 0 unspecified atom stereocenters. The van der Waals surface area contributed by atoms with Gasteiger partial charge in [0.15, 0.2) is 0 Å². The van der Waals surface area contributed by atoms with Gasteiger partial charge in [0.1, 0.15) is 11.4 Å². The SMILES string of the molecule is N[C@H](C=O)c1cccnc1Cl. The molecule has 58 valence electrons. The van der Waals surface area contributed by atoms with E-state index < -0.39 is 6.04 Å². The van der Waals surface area contributed by atoms with Crippen LogP contribution in [0.3, 0.4) is 0 Å². The van der Waals surface area contributed by atoms with E-state index >= 15 is 0 Å². The highest BCUT2D eigenvalue weighted by atomic mass is 35.5. The number of carbonyl (C=O) groups is 1. The number of halogens is 1. The van der Waals surface area contributed by atoms with Gasteiger partial charge in [-0.2, -0.15) is 0 Å². The molecule has 0 bridgehead atoms. The lowest BCUT2D eigenvalue weighted by atomic mass is 10.1. The lowest BCUT2D eigenvalue weighted by molar-refractivity contribution is -0.109. The fourth-order valence-corrected chi connectivity index (χ4v) is 0.966. The number of nitrogens with two attached hydrogens (primary N) is 1. The van der Waals surface area contributed by atoms with Crippen LogP contribution in [0.5, 0.6) is 0 Å². The largest absolute Gasteiger partial charge is 0.318 e. The van der Waals surface area contributed by atoms with E-state index in [4.69, 9.17) is 17.3 Å². The van der Waals surface area contributed by atoms with Crippen molar-refractivity contribution in [2.75, 3.05) is 0 Å². The maximum absolute atomic E-state index is 10.2. The molecule has 1 aromatic rings. The zero-order valence-electron chi connectivity index (χ0n) is 5.70. The van der Waals surface area contributed by atoms with Crippen LogP contribution in [0.15, 0.2) is 18.3 Å². The van der Waals surface area contributed by atoms with Crippen molar-refractivity contribution >= 4 is 17.9 Å². The lowest BCUT2D eigenvalue weighted by Gasteiger charge is -2.03. The number of nitrogens with zero attached hydrogens (tertiary/aromatic N) is 1. The molecule has 1 atom stereocenters. The zero-order chi connectivity index (χ0) is 8.27. The van der Waals surface area contributed by atoms with Gasteiger partial charge in [-0.1, -0.05) is 17.7 Å². The summed E-state index contributed by atoms with van der Waals surface area (Å²) < 4.78 is 0. The highest BCUT2D eigenvalue weighted by Crippen LogP contribution is 2.16. The Hall–Kier alpha value is -0.930. The molecule has 0 amide bonds. The van der Waals surface area contributed by atoms with E-state index in [2.05, 4.69) is 4.98 Å². The Bertz CT molecular complexity index is 264. The average molecular weight is 171 g/mol. The molecule has 0 saturated heterocycles. The first-order valence-electron chi connectivity index (χ1n) is 3.07. The number of hydrogen-bond acceptors (Lipinski definition) is 3. The quantitative estimate of drug-likeness (QED) is 0.531. The van der Waals surface area contributed by atoms with Crippen LogP contribution >= 0.6 is 11.6 Å². The Kier molecular flexibility index (Phi) is 2.57. The van der Waals surface area contributed by atoms with E-state index in [0.29, 0.717) is 11.8 Å². The molecule has 0 spiro atoms. The minimum Gasteiger partial charge on any atom is -0.318 e. The molecule has 0 aliphatic rings. The molecule has 0 saturated carbocycles. The normalized spacial score (nSPS) is 12.5. The first kappa shape index (κ1) is 8.17. The van der Waals surface area contributed by atoms with Gasteiger partial charge in [-0.05, 0) is 6.07 Å². The third kappa shape index (κ3) is 1.76. The van der Waals surface area contributed by atoms with Gasteiger partial charge in [-0.25, -0.2) is 4.98 Å². The molecule has 1 aromatic heterocycles. The van der Waals surface area contributed by atoms with Gasteiger partial charge in [-0.15, -0.1) is 0 Å². The van der Waals surface area contributed by atoms with Gasteiger partial charge in [0.25, 0.3) is 0 Å². The lowest BCUT2D eigenvalue weighted by Crippen LogP contribution is -2.12. The summed E-state index contributed by atoms with van der Waals surface area (Å²) in [7, 11) is 0. The fraction of sp³-hybridized carbons (Fsp3) is 0.143. The number of carbonyl (C=O) groups excluding carboxylic acids is 1. The molecule has 1 rings (SSSR count). The molecule has 3 nitrogen and oxygen atoms in total. The predicted octanol–water partition coefficient (Wildman–Crippen LogP) is 0.934. The summed E-state index contributed by atoms with van der Waals surface area (Å²) in [6.07, 6.45) is 2.17. The highest BCUT2D eigenvalue weighted by molar-refractivity contribution is 6.30. The van der Waals surface area contributed by atoms with Crippen molar-refractivity contribution in [2.45, 2.75) is 6.04 Å². The van der Waals surface area contributed by atoms with Crippen LogP contribution in [0, 0.1) is 0 Å². The Morgan fingerprint density at radius 2 is 2.45 bits per heavy atom. The van der Waals surface area contributed by atoms with Gasteiger partial charge in [0.05, 0.1) is 6.04 Å². The van der Waals surface area contributed by atoms with E-state index in [1.54, 1.807) is 18.3 Å². The van der Waals surface area contributed by atoms with E-state index in [1.807, 2.05) is 0 Å². The third-order valence-corrected chi connectivity index (χ3v) is 1.61. The van der Waals surface area contributed by atoms with Gasteiger partial charge in [0.2, 0.25) is 0 Å². The number of hydrogen-bond donors (Lipinski definition) is 1. The van der Waals surface area contributed by atoms with Crippen LogP contribution in [-0.4, -0.2) is 11.3 Å². The third-order valence-electron chi connectivity index (χ3n) is 1.29. The molecule has 1 heterocycles. The van der Waals surface area contributed by atoms with Gasteiger partial charge in [-0.3, -0.25) is 0 Å². The van der Waals surface area contributed by atoms with Crippen molar-refractivity contribution in [3.05, 3.63) is 29.0 Å². The minimum absolute atomic E-state index is 0.284. The topological polar surface area (TPSA) is 56.0 Å². The van der Waals surface area contributed by atoms with Gasteiger partial charge in [0, 0.05) is 11.8 Å². The van der Waals surface area contributed by atoms with Crippen molar-refractivity contribution in [1.29, 1.82) is 0 Å². The second kappa shape index (κ2) is 3.46. The Balaban J connectivity index is 3.02. The minimum atomic E-state index is -0.670. The smallest absolute Gasteiger partial charge is 0.141 e. The van der Waals surface area contributed by atoms with Crippen LogP contribution in [0.4, 0.5) is 0 Å². The first-order valence-corrected chi connectivity index (χ1v) is 3.45. The molecule has 11 heavy (non-hydrogen) atoms. The highest BCUT2D eigenvalue weighted by Gasteiger charge is 2.07. The zero-order valence-corrected chi connectivity index (χ0v) is 6.45. The first-order chi connectivity index (χ1) is 5.25. The van der Waals surface area contributed by atoms with Crippen LogP contribution in [0.25, 0.3) is 0 Å². The van der Waals surface area contributed by atoms with Crippen molar-refractivity contribution < 1.29 is 4.79 Å². The van der Waals surface area contributed by atoms with Crippen LogP contribution < -0.4 is 5.73 Å². The van der Waals surface area contributed by atoms with Crippen molar-refractivity contribution in [3.8, 4) is 0 Å². The van der Waals surface area contributed by atoms with E-state index in [1.165, 1.54) is 0 Å². The molecule has 0 aliphatic carbocycles. The molecule has 0 aromatic carbocycles. The molecular formula is C7H7ClN2O. The van der Waals surface area contributed by atoms with Gasteiger partial charge >= 0.3 is 0 Å². The summed E-state index contributed by atoms with van der Waals surface area (Å²) in [5, 5.41) is 0.284. The molecule has 0 aliphatic heterocycles. The van der Waals surface area contributed by atoms with Crippen LogP contribution in [-0.2, 0) is 4.79 Å². The van der Waals surface area contributed by atoms with Crippen molar-refractivity contribution in [2.24, 2.45) is 5.73 Å². The second-order valence-corrected chi connectivity index (χ2v) is 2.40. The molecule has 0 fully saturated rings. The van der Waals surface area contributed by atoms with Crippen LogP contribution in [0.2, 0.25) is 5.15 Å². The summed E-state index contributed by atoms with van der Waals surface area (Å²) in [6.45, 7) is 0. The summed E-state index contributed by atoms with van der Waals surface area (Å²) in [4.78, 5) is 14.0. The molecule has 4 heteroatoms. The number of pyridine rings is 1. The van der Waals surface area contributed by atoms with E-state index in [0.717, 1.165) is 0 Å². The van der Waals surface area contributed by atoms with Crippen molar-refractivity contribution in [1.82, 2.24) is 4.98 Å². The fourth-order valence-electron chi connectivity index (χ4n) is 0.720. The molecule has 0 radical (unpaired) electrons. The Morgan fingerprint density at radius 1 is 1.73 bits per heavy atom. The summed E-state index contributed by atoms with van der Waals surface area (Å²) in [5.41, 5.74) is 5.96. The predicted molar refractivity (Wildman–Crippen MR) is 42.2 cm³/mol. The standard InChI is InChI=1S/C7H7ClN2O/c8-7-5(6(9)4-11)2-1-3-10-7/h1-4,6H,9H2/t6-/m1/s1.